The largest absolute Gasteiger partial charge is 0.384 e. The first-order valence-electron chi connectivity index (χ1n) is 17.6. The van der Waals surface area contributed by atoms with Crippen molar-refractivity contribution in [2.24, 2.45) is 0 Å². The van der Waals surface area contributed by atoms with E-state index in [9.17, 15) is 13.5 Å². The number of sulfone groups is 1. The number of hydrogen-bond donors (Lipinski definition) is 1. The molecule has 0 spiro atoms. The molecule has 0 saturated heterocycles. The monoisotopic (exact) mass is 655 g/mol. The fraction of sp³-hybridized carbons (Fsp3) is 0.619. The van der Waals surface area contributed by atoms with Gasteiger partial charge in [0, 0.05) is 0 Å². The van der Waals surface area contributed by atoms with Crippen molar-refractivity contribution < 1.29 is 13.5 Å². The number of aliphatic hydroxyl groups is 1. The third-order valence-electron chi connectivity index (χ3n) is 8.40. The van der Waals surface area contributed by atoms with Crippen LogP contribution in [0.4, 0.5) is 0 Å². The minimum absolute atomic E-state index is 0.0242. The smallest absolute Gasteiger partial charge is 0.177 e. The predicted molar refractivity (Wildman–Crippen MR) is 206 cm³/mol. The summed E-state index contributed by atoms with van der Waals surface area (Å²) in [5.41, 5.74) is 8.34. The van der Waals surface area contributed by atoms with Gasteiger partial charge in [-0.25, -0.2) is 8.42 Å². The van der Waals surface area contributed by atoms with E-state index in [2.05, 4.69) is 112 Å². The predicted octanol–water partition coefficient (Wildman–Crippen LogP) is 12.8. The Balaban J connectivity index is 6.18. The van der Waals surface area contributed by atoms with Crippen LogP contribution in [0, 0.1) is 0 Å². The molecule has 0 amide bonds. The van der Waals surface area contributed by atoms with Crippen molar-refractivity contribution in [3.8, 4) is 0 Å². The van der Waals surface area contributed by atoms with Crippen LogP contribution in [0.2, 0.25) is 0 Å². The molecule has 46 heavy (non-hydrogen) atoms. The third kappa shape index (κ3) is 20.1. The second-order valence-corrected chi connectivity index (χ2v) is 16.4. The van der Waals surface area contributed by atoms with Crippen molar-refractivity contribution in [2.45, 2.75) is 166 Å². The van der Waals surface area contributed by atoms with Gasteiger partial charge in [-0.1, -0.05) is 94.0 Å². The molecule has 1 N–H and O–H groups in total. The molecule has 0 aliphatic rings. The molecule has 0 rings (SSSR count). The van der Waals surface area contributed by atoms with Gasteiger partial charge in [-0.2, -0.15) is 0 Å². The Bertz CT molecular complexity index is 1220. The molecular formula is C42H70O3S. The van der Waals surface area contributed by atoms with Crippen LogP contribution in [0.3, 0.4) is 0 Å². The highest BCUT2D eigenvalue weighted by Gasteiger charge is 2.38. The molecule has 3 nitrogen and oxygen atoms in total. The Morgan fingerprint density at radius 1 is 0.500 bits per heavy atom. The average molecular weight is 655 g/mol. The highest BCUT2D eigenvalue weighted by Crippen LogP contribution is 2.36. The van der Waals surface area contributed by atoms with Crippen molar-refractivity contribution in [2.75, 3.05) is 5.75 Å². The standard InChI is InChI=1S/C42H70O3S/c1-13-46(44,45)41(40(12)28-16-21-35(6)7)42(43,31-29-38(10)26-17-24-36(8)22-14-19-33(2)3)32-30-39(11)27-18-25-37(9)23-15-20-34(4)5/h19-21,24-25,29-30,43H,13-18,22-23,26-28,31-32H2,1-12H3. The molecule has 0 unspecified atom stereocenters. The van der Waals surface area contributed by atoms with Gasteiger partial charge in [0.1, 0.15) is 5.60 Å². The number of hydrogen-bond acceptors (Lipinski definition) is 3. The summed E-state index contributed by atoms with van der Waals surface area (Å²) in [4.78, 5) is 0.225. The second-order valence-electron chi connectivity index (χ2n) is 14.2. The lowest BCUT2D eigenvalue weighted by atomic mass is 9.89. The average Bonchev–Trinajstić information content (AvgIpc) is 2.94. The van der Waals surface area contributed by atoms with Crippen LogP contribution in [-0.2, 0) is 9.84 Å². The maximum Gasteiger partial charge on any atom is 0.177 e. The molecule has 0 heterocycles. The number of rotatable bonds is 22. The maximum absolute atomic E-state index is 13.6. The Morgan fingerprint density at radius 3 is 1.13 bits per heavy atom. The van der Waals surface area contributed by atoms with Crippen molar-refractivity contribution in [3.63, 3.8) is 0 Å². The molecule has 0 aromatic heterocycles. The Hall–Kier alpha value is -2.17. The first kappa shape index (κ1) is 43.8. The van der Waals surface area contributed by atoms with Gasteiger partial charge in [0.2, 0.25) is 0 Å². The van der Waals surface area contributed by atoms with E-state index in [-0.39, 0.29) is 23.5 Å². The Labute approximate surface area is 286 Å². The van der Waals surface area contributed by atoms with Gasteiger partial charge in [0.05, 0.1) is 10.7 Å². The summed E-state index contributed by atoms with van der Waals surface area (Å²) < 4.78 is 27.3. The lowest BCUT2D eigenvalue weighted by molar-refractivity contribution is 0.0906. The summed E-state index contributed by atoms with van der Waals surface area (Å²) in [7, 11) is -3.63. The minimum Gasteiger partial charge on any atom is -0.384 e. The van der Waals surface area contributed by atoms with E-state index in [1.165, 1.54) is 39.0 Å². The molecule has 0 saturated carbocycles. The first-order chi connectivity index (χ1) is 21.4. The van der Waals surface area contributed by atoms with Gasteiger partial charge in [0.25, 0.3) is 0 Å². The Kier molecular flexibility index (Phi) is 22.1. The van der Waals surface area contributed by atoms with Gasteiger partial charge in [-0.15, -0.1) is 0 Å². The fourth-order valence-electron chi connectivity index (χ4n) is 5.42. The van der Waals surface area contributed by atoms with Gasteiger partial charge in [-0.3, -0.25) is 0 Å². The normalized spacial score (nSPS) is 15.2. The summed E-state index contributed by atoms with van der Waals surface area (Å²) in [5.74, 6) is -0.0242. The maximum atomic E-state index is 13.6. The van der Waals surface area contributed by atoms with E-state index >= 15 is 0 Å². The highest BCUT2D eigenvalue weighted by molar-refractivity contribution is 7.95. The second kappa shape index (κ2) is 23.2. The first-order valence-corrected chi connectivity index (χ1v) is 19.3. The van der Waals surface area contributed by atoms with Crippen LogP contribution in [0.1, 0.15) is 160 Å². The molecule has 0 aliphatic carbocycles. The molecular weight excluding hydrogens is 585 g/mol. The molecule has 262 valence electrons. The lowest BCUT2D eigenvalue weighted by Crippen LogP contribution is -2.36. The van der Waals surface area contributed by atoms with Crippen LogP contribution in [0.5, 0.6) is 0 Å². The lowest BCUT2D eigenvalue weighted by Gasteiger charge is -2.31. The molecule has 0 aromatic rings. The van der Waals surface area contributed by atoms with E-state index in [0.717, 1.165) is 63.4 Å². The van der Waals surface area contributed by atoms with Crippen LogP contribution in [0.25, 0.3) is 0 Å². The van der Waals surface area contributed by atoms with Crippen molar-refractivity contribution in [1.82, 2.24) is 0 Å². The van der Waals surface area contributed by atoms with E-state index in [1.54, 1.807) is 6.92 Å². The van der Waals surface area contributed by atoms with E-state index < -0.39 is 15.4 Å². The quantitative estimate of drug-likeness (QED) is 0.118. The minimum atomic E-state index is -3.63. The van der Waals surface area contributed by atoms with E-state index in [0.29, 0.717) is 6.42 Å². The fourth-order valence-corrected chi connectivity index (χ4v) is 7.09. The highest BCUT2D eigenvalue weighted by atomic mass is 32.2. The van der Waals surface area contributed by atoms with Crippen LogP contribution in [-0.4, -0.2) is 24.9 Å². The zero-order chi connectivity index (χ0) is 35.3. The number of allylic oxidation sites excluding steroid dienone is 13. The molecule has 0 aliphatic heterocycles. The third-order valence-corrected chi connectivity index (χ3v) is 10.5. The van der Waals surface area contributed by atoms with Crippen LogP contribution < -0.4 is 0 Å². The summed E-state index contributed by atoms with van der Waals surface area (Å²) in [6, 6.07) is 0. The summed E-state index contributed by atoms with van der Waals surface area (Å²) >= 11 is 0. The van der Waals surface area contributed by atoms with Gasteiger partial charge in [-0.05, 0) is 153 Å². The van der Waals surface area contributed by atoms with Gasteiger partial charge >= 0.3 is 0 Å². The van der Waals surface area contributed by atoms with Crippen molar-refractivity contribution in [1.29, 1.82) is 0 Å². The Morgan fingerprint density at radius 2 is 0.804 bits per heavy atom. The van der Waals surface area contributed by atoms with Crippen LogP contribution in [0.15, 0.2) is 92.0 Å². The zero-order valence-electron chi connectivity index (χ0n) is 31.9. The van der Waals surface area contributed by atoms with Crippen LogP contribution >= 0.6 is 0 Å². The zero-order valence-corrected chi connectivity index (χ0v) is 32.7. The topological polar surface area (TPSA) is 54.4 Å². The van der Waals surface area contributed by atoms with E-state index in [1.807, 2.05) is 6.92 Å². The molecule has 0 bridgehead atoms. The molecule has 0 atom stereocenters. The molecule has 0 radical (unpaired) electrons. The van der Waals surface area contributed by atoms with Crippen molar-refractivity contribution in [3.05, 3.63) is 92.0 Å². The van der Waals surface area contributed by atoms with Crippen molar-refractivity contribution >= 4 is 9.84 Å². The summed E-state index contributed by atoms with van der Waals surface area (Å²) in [6.45, 7) is 24.8. The molecule has 0 aromatic carbocycles. The van der Waals surface area contributed by atoms with Gasteiger partial charge < -0.3 is 5.11 Å². The summed E-state index contributed by atoms with van der Waals surface area (Å²) in [5, 5.41) is 12.3. The summed E-state index contributed by atoms with van der Waals surface area (Å²) in [6.07, 6.45) is 25.3. The van der Waals surface area contributed by atoms with Gasteiger partial charge in [0.15, 0.2) is 9.84 Å². The molecule has 4 heteroatoms. The molecule has 0 fully saturated rings. The SMILES string of the molecule is CCS(=O)(=O)C(=C(C)CCC=C(C)C)C(O)(CC=C(C)CCC=C(C)CCC=C(C)C)CC=C(C)CCC=C(C)CCC=C(C)C. The van der Waals surface area contributed by atoms with E-state index in [4.69, 9.17) is 0 Å².